The summed E-state index contributed by atoms with van der Waals surface area (Å²) in [7, 11) is 2.05. The van der Waals surface area contributed by atoms with Gasteiger partial charge < -0.3 is 9.64 Å². The molecule has 1 aromatic heterocycles. The fourth-order valence-corrected chi connectivity index (χ4v) is 4.82. The Morgan fingerprint density at radius 3 is 2.84 bits per heavy atom. The van der Waals surface area contributed by atoms with Gasteiger partial charge in [-0.2, -0.15) is 5.26 Å². The molecule has 2 heterocycles. The van der Waals surface area contributed by atoms with Crippen LogP contribution in [0.5, 0.6) is 5.75 Å². The number of likely N-dealkylation sites (N-methyl/N-ethyl adjacent to an activating group) is 1. The minimum Gasteiger partial charge on any atom is -0.426 e. The highest BCUT2D eigenvalue weighted by atomic mass is 35.5. The van der Waals surface area contributed by atoms with Crippen LogP contribution in [0.4, 0.5) is 0 Å². The SMILES string of the molecule is Cc1cccc(OC(=O)CSc2nc3c(c(-c4ccccc4Cl)c2C#N)CN(C)CC3)c1. The van der Waals surface area contributed by atoms with Crippen molar-refractivity contribution in [3.63, 3.8) is 0 Å². The minimum absolute atomic E-state index is 0.0519. The molecule has 0 aliphatic carbocycles. The fourth-order valence-electron chi connectivity index (χ4n) is 3.81. The summed E-state index contributed by atoms with van der Waals surface area (Å²) in [5.41, 5.74) is 5.05. The number of nitriles is 1. The van der Waals surface area contributed by atoms with Crippen LogP contribution in [0, 0.1) is 18.3 Å². The maximum absolute atomic E-state index is 12.5. The molecule has 5 nitrogen and oxygen atoms in total. The lowest BCUT2D eigenvalue weighted by Gasteiger charge is -2.28. The first-order valence-electron chi connectivity index (χ1n) is 10.3. The zero-order valence-electron chi connectivity index (χ0n) is 17.9. The van der Waals surface area contributed by atoms with E-state index in [4.69, 9.17) is 21.3 Å². The molecule has 0 radical (unpaired) electrons. The van der Waals surface area contributed by atoms with Crippen LogP contribution < -0.4 is 4.74 Å². The second kappa shape index (κ2) is 9.74. The van der Waals surface area contributed by atoms with Crippen molar-refractivity contribution >= 4 is 29.3 Å². The van der Waals surface area contributed by atoms with Crippen LogP contribution in [0.25, 0.3) is 11.1 Å². The van der Waals surface area contributed by atoms with Crippen molar-refractivity contribution in [2.24, 2.45) is 0 Å². The molecule has 32 heavy (non-hydrogen) atoms. The van der Waals surface area contributed by atoms with Crippen LogP contribution in [0.15, 0.2) is 53.6 Å². The van der Waals surface area contributed by atoms with Crippen molar-refractivity contribution in [1.29, 1.82) is 5.26 Å². The summed E-state index contributed by atoms with van der Waals surface area (Å²) in [6.07, 6.45) is 0.774. The molecule has 0 bridgehead atoms. The number of aromatic nitrogens is 1. The van der Waals surface area contributed by atoms with Crippen molar-refractivity contribution in [2.75, 3.05) is 19.3 Å². The molecule has 0 atom stereocenters. The number of rotatable bonds is 5. The molecule has 4 rings (SSSR count). The first-order chi connectivity index (χ1) is 15.5. The molecule has 1 aliphatic rings. The molecule has 7 heteroatoms. The Labute approximate surface area is 197 Å². The normalized spacial score (nSPS) is 13.3. The van der Waals surface area contributed by atoms with E-state index in [0.29, 0.717) is 27.9 Å². The van der Waals surface area contributed by atoms with Gasteiger partial charge in [-0.25, -0.2) is 4.98 Å². The van der Waals surface area contributed by atoms with Gasteiger partial charge in [0, 0.05) is 41.4 Å². The number of carbonyl (C=O) groups is 1. The summed E-state index contributed by atoms with van der Waals surface area (Å²) in [6, 6.07) is 17.2. The van der Waals surface area contributed by atoms with E-state index in [2.05, 4.69) is 18.0 Å². The lowest BCUT2D eigenvalue weighted by Crippen LogP contribution is -2.28. The summed E-state index contributed by atoms with van der Waals surface area (Å²) in [5.74, 6) is 0.174. The topological polar surface area (TPSA) is 66.2 Å². The third kappa shape index (κ3) is 4.81. The predicted octanol–water partition coefficient (Wildman–Crippen LogP) is 5.27. The number of halogens is 1. The Hall–Kier alpha value is -2.85. The number of fused-ring (bicyclic) bond motifs is 1. The van der Waals surface area contributed by atoms with E-state index in [0.717, 1.165) is 40.9 Å². The van der Waals surface area contributed by atoms with Crippen LogP contribution >= 0.6 is 23.4 Å². The number of carbonyl (C=O) groups excluding carboxylic acids is 1. The van der Waals surface area contributed by atoms with E-state index >= 15 is 0 Å². The highest BCUT2D eigenvalue weighted by Crippen LogP contribution is 2.39. The molecular weight excluding hydrogens is 442 g/mol. The maximum atomic E-state index is 12.5. The van der Waals surface area contributed by atoms with Crippen LogP contribution in [-0.2, 0) is 17.8 Å². The molecule has 0 unspecified atom stereocenters. The number of thioether (sulfide) groups is 1. The van der Waals surface area contributed by atoms with Gasteiger partial charge in [-0.3, -0.25) is 4.79 Å². The van der Waals surface area contributed by atoms with E-state index < -0.39 is 0 Å². The van der Waals surface area contributed by atoms with Gasteiger partial charge in [-0.15, -0.1) is 0 Å². The summed E-state index contributed by atoms with van der Waals surface area (Å²) in [4.78, 5) is 19.5. The number of pyridine rings is 1. The Morgan fingerprint density at radius 2 is 2.09 bits per heavy atom. The van der Waals surface area contributed by atoms with Gasteiger partial charge in [-0.05, 0) is 43.3 Å². The summed E-state index contributed by atoms with van der Waals surface area (Å²) < 4.78 is 5.45. The van der Waals surface area contributed by atoms with Crippen LogP contribution in [0.3, 0.4) is 0 Å². The van der Waals surface area contributed by atoms with Crippen molar-refractivity contribution in [3.05, 3.63) is 75.9 Å². The average Bonchev–Trinajstić information content (AvgIpc) is 2.77. The summed E-state index contributed by atoms with van der Waals surface area (Å²) in [6.45, 7) is 3.52. The number of benzene rings is 2. The number of hydrogen-bond donors (Lipinski definition) is 0. The van der Waals surface area contributed by atoms with E-state index in [1.807, 2.05) is 49.4 Å². The molecule has 162 valence electrons. The predicted molar refractivity (Wildman–Crippen MR) is 127 cm³/mol. The quantitative estimate of drug-likeness (QED) is 0.292. The molecular formula is C25H22ClN3O2S. The van der Waals surface area contributed by atoms with Crippen LogP contribution in [0.1, 0.15) is 22.4 Å². The van der Waals surface area contributed by atoms with Crippen molar-refractivity contribution in [3.8, 4) is 22.9 Å². The summed E-state index contributed by atoms with van der Waals surface area (Å²) in [5, 5.41) is 11.2. The molecule has 0 N–H and O–H groups in total. The van der Waals surface area contributed by atoms with Crippen molar-refractivity contribution in [1.82, 2.24) is 9.88 Å². The second-order valence-electron chi connectivity index (χ2n) is 7.75. The maximum Gasteiger partial charge on any atom is 0.321 e. The van der Waals surface area contributed by atoms with E-state index in [-0.39, 0.29) is 11.7 Å². The Morgan fingerprint density at radius 1 is 1.28 bits per heavy atom. The van der Waals surface area contributed by atoms with Crippen molar-refractivity contribution in [2.45, 2.75) is 24.9 Å². The molecule has 0 spiro atoms. The van der Waals surface area contributed by atoms with E-state index in [9.17, 15) is 10.1 Å². The monoisotopic (exact) mass is 463 g/mol. The summed E-state index contributed by atoms with van der Waals surface area (Å²) >= 11 is 7.75. The van der Waals surface area contributed by atoms with Crippen molar-refractivity contribution < 1.29 is 9.53 Å². The Balaban J connectivity index is 1.68. The third-order valence-electron chi connectivity index (χ3n) is 5.31. The molecule has 0 fully saturated rings. The molecule has 1 aliphatic heterocycles. The van der Waals surface area contributed by atoms with Crippen LogP contribution in [-0.4, -0.2) is 35.2 Å². The first kappa shape index (κ1) is 22.3. The first-order valence-corrected chi connectivity index (χ1v) is 11.6. The Bertz CT molecular complexity index is 1220. The molecule has 0 saturated carbocycles. The highest BCUT2D eigenvalue weighted by Gasteiger charge is 2.26. The van der Waals surface area contributed by atoms with Gasteiger partial charge in [-0.1, -0.05) is 53.7 Å². The highest BCUT2D eigenvalue weighted by molar-refractivity contribution is 7.99. The second-order valence-corrected chi connectivity index (χ2v) is 9.12. The zero-order chi connectivity index (χ0) is 22.7. The van der Waals surface area contributed by atoms with Gasteiger partial charge in [0.2, 0.25) is 0 Å². The van der Waals surface area contributed by atoms with E-state index in [1.165, 1.54) is 11.8 Å². The molecule has 0 saturated heterocycles. The lowest BCUT2D eigenvalue weighted by atomic mass is 9.92. The molecule has 0 amide bonds. The molecule has 3 aromatic rings. The lowest BCUT2D eigenvalue weighted by molar-refractivity contribution is -0.131. The van der Waals surface area contributed by atoms with E-state index in [1.54, 1.807) is 6.07 Å². The van der Waals surface area contributed by atoms with Gasteiger partial charge in [0.15, 0.2) is 0 Å². The minimum atomic E-state index is -0.386. The standard InChI is InChI=1S/C25H22ClN3O2S/c1-16-6-5-7-17(12-16)31-23(30)15-32-25-19(13-27)24(18-8-3-4-9-21(18)26)20-14-29(2)11-10-22(20)28-25/h3-9,12H,10-11,14-15H2,1-2H3. The van der Waals surface area contributed by atoms with Gasteiger partial charge in [0.05, 0.1) is 11.3 Å². The smallest absolute Gasteiger partial charge is 0.321 e. The fraction of sp³-hybridized carbons (Fsp3) is 0.240. The van der Waals surface area contributed by atoms with Gasteiger partial charge in [0.25, 0.3) is 0 Å². The van der Waals surface area contributed by atoms with Crippen LogP contribution in [0.2, 0.25) is 5.02 Å². The number of nitrogens with zero attached hydrogens (tertiary/aromatic N) is 3. The Kier molecular flexibility index (Phi) is 6.80. The zero-order valence-corrected chi connectivity index (χ0v) is 19.5. The number of esters is 1. The number of ether oxygens (including phenoxy) is 1. The third-order valence-corrected chi connectivity index (χ3v) is 6.59. The number of hydrogen-bond acceptors (Lipinski definition) is 6. The largest absolute Gasteiger partial charge is 0.426 e. The number of aryl methyl sites for hydroxylation is 1. The molecule has 2 aromatic carbocycles. The average molecular weight is 464 g/mol. The van der Waals surface area contributed by atoms with Gasteiger partial charge >= 0.3 is 5.97 Å². The van der Waals surface area contributed by atoms with Gasteiger partial charge in [0.1, 0.15) is 16.8 Å².